The quantitative estimate of drug-likeness (QED) is 0.547. The minimum absolute atomic E-state index is 0.0877. The summed E-state index contributed by atoms with van der Waals surface area (Å²) in [6, 6.07) is 8.85. The smallest absolute Gasteiger partial charge is 0.341 e. The van der Waals surface area contributed by atoms with E-state index in [0.29, 0.717) is 37.4 Å². The predicted octanol–water partition coefficient (Wildman–Crippen LogP) is 3.55. The lowest BCUT2D eigenvalue weighted by atomic mass is 10.1. The molecule has 0 spiro atoms. The Hall–Kier alpha value is -3.72. The van der Waals surface area contributed by atoms with Gasteiger partial charge in [0, 0.05) is 49.5 Å². The maximum atomic E-state index is 15.2. The van der Waals surface area contributed by atoms with Gasteiger partial charge in [-0.25, -0.2) is 9.18 Å². The average molecular weight is 493 g/mol. The van der Waals surface area contributed by atoms with Gasteiger partial charge in [0.05, 0.1) is 17.7 Å². The molecule has 1 aliphatic carbocycles. The largest absolute Gasteiger partial charge is 0.477 e. The number of carbonyl (C=O) groups excluding carboxylic acids is 1. The summed E-state index contributed by atoms with van der Waals surface area (Å²) in [5, 5.41) is 12.5. The minimum Gasteiger partial charge on any atom is -0.477 e. The number of pyridine rings is 1. The van der Waals surface area contributed by atoms with E-state index in [1.807, 2.05) is 41.8 Å². The van der Waals surface area contributed by atoms with Gasteiger partial charge in [-0.15, -0.1) is 0 Å². The molecular weight excluding hydrogens is 463 g/mol. The standard InChI is InChI=1S/C27H29FN4O4/c1-16-3-6-22(17(2)11-16)29-25(33)15-30-7-9-31(10-8-30)24-13-23-19(12-21(24)28)26(34)20(27(35)36)14-32(23)18-4-5-18/h3,6,11-14,18H,4-5,7-10,15H2,1-2H3,(H,29,33)(H,35,36). The molecule has 2 aliphatic rings. The van der Waals surface area contributed by atoms with Crippen LogP contribution in [0.25, 0.3) is 10.9 Å². The van der Waals surface area contributed by atoms with E-state index in [2.05, 4.69) is 5.32 Å². The Balaban J connectivity index is 1.31. The molecule has 1 amide bonds. The monoisotopic (exact) mass is 492 g/mol. The van der Waals surface area contributed by atoms with Crippen molar-refractivity contribution < 1.29 is 19.1 Å². The van der Waals surface area contributed by atoms with E-state index in [0.717, 1.165) is 29.7 Å². The number of aromatic nitrogens is 1. The normalized spacial score (nSPS) is 16.4. The third-order valence-electron chi connectivity index (χ3n) is 7.01. The Morgan fingerprint density at radius 3 is 2.44 bits per heavy atom. The molecule has 1 saturated heterocycles. The fraction of sp³-hybridized carbons (Fsp3) is 0.370. The number of hydrogen-bond acceptors (Lipinski definition) is 5. The van der Waals surface area contributed by atoms with Gasteiger partial charge >= 0.3 is 5.97 Å². The van der Waals surface area contributed by atoms with Crippen LogP contribution >= 0.6 is 0 Å². The molecule has 1 saturated carbocycles. The van der Waals surface area contributed by atoms with Gasteiger partial charge in [0.1, 0.15) is 11.4 Å². The van der Waals surface area contributed by atoms with Crippen molar-refractivity contribution in [2.24, 2.45) is 0 Å². The molecule has 1 aromatic heterocycles. The van der Waals surface area contributed by atoms with Crippen LogP contribution in [0.1, 0.15) is 40.4 Å². The first-order valence-electron chi connectivity index (χ1n) is 12.2. The van der Waals surface area contributed by atoms with Crippen molar-refractivity contribution in [3.63, 3.8) is 0 Å². The number of nitrogens with zero attached hydrogens (tertiary/aromatic N) is 3. The van der Waals surface area contributed by atoms with Crippen LogP contribution in [0.3, 0.4) is 0 Å². The van der Waals surface area contributed by atoms with Crippen LogP contribution in [0.15, 0.2) is 41.3 Å². The molecule has 9 heteroatoms. The second-order valence-corrected chi connectivity index (χ2v) is 9.77. The summed E-state index contributed by atoms with van der Waals surface area (Å²) in [5.41, 5.74) is 2.89. The van der Waals surface area contributed by atoms with Gasteiger partial charge < -0.3 is 19.9 Å². The van der Waals surface area contributed by atoms with E-state index < -0.39 is 17.2 Å². The molecule has 188 valence electrons. The third kappa shape index (κ3) is 4.70. The molecule has 8 nitrogen and oxygen atoms in total. The summed E-state index contributed by atoms with van der Waals surface area (Å²) in [4.78, 5) is 40.8. The third-order valence-corrected chi connectivity index (χ3v) is 7.01. The minimum atomic E-state index is -1.31. The maximum absolute atomic E-state index is 15.2. The van der Waals surface area contributed by atoms with Crippen molar-refractivity contribution >= 4 is 34.2 Å². The molecule has 2 aromatic carbocycles. The fourth-order valence-corrected chi connectivity index (χ4v) is 4.90. The number of piperazine rings is 1. The Labute approximate surface area is 207 Å². The molecule has 0 atom stereocenters. The van der Waals surface area contributed by atoms with Gasteiger partial charge in [-0.05, 0) is 50.5 Å². The van der Waals surface area contributed by atoms with E-state index in [4.69, 9.17) is 0 Å². The highest BCUT2D eigenvalue weighted by molar-refractivity contribution is 5.94. The molecule has 2 N–H and O–H groups in total. The van der Waals surface area contributed by atoms with Gasteiger partial charge in [0.25, 0.3) is 0 Å². The molecule has 5 rings (SSSR count). The second kappa shape index (κ2) is 9.39. The molecule has 36 heavy (non-hydrogen) atoms. The Morgan fingerprint density at radius 2 is 1.81 bits per heavy atom. The van der Waals surface area contributed by atoms with Gasteiger partial charge in [0.2, 0.25) is 11.3 Å². The number of anilines is 2. The zero-order valence-electron chi connectivity index (χ0n) is 20.4. The van der Waals surface area contributed by atoms with Crippen molar-refractivity contribution in [2.45, 2.75) is 32.7 Å². The average Bonchev–Trinajstić information content (AvgIpc) is 3.67. The van der Waals surface area contributed by atoms with E-state index in [9.17, 15) is 19.5 Å². The van der Waals surface area contributed by atoms with E-state index >= 15 is 4.39 Å². The highest BCUT2D eigenvalue weighted by Gasteiger charge is 2.28. The van der Waals surface area contributed by atoms with Gasteiger partial charge in [-0.1, -0.05) is 17.7 Å². The number of rotatable bonds is 6. The zero-order chi connectivity index (χ0) is 25.6. The first kappa shape index (κ1) is 24.0. The van der Waals surface area contributed by atoms with Crippen molar-refractivity contribution in [2.75, 3.05) is 42.9 Å². The number of benzene rings is 2. The van der Waals surface area contributed by atoms with Gasteiger partial charge in [-0.3, -0.25) is 14.5 Å². The predicted molar refractivity (Wildman–Crippen MR) is 137 cm³/mol. The van der Waals surface area contributed by atoms with Gasteiger partial charge in [-0.2, -0.15) is 0 Å². The van der Waals surface area contributed by atoms with Crippen LogP contribution in [0.5, 0.6) is 0 Å². The number of fused-ring (bicyclic) bond motifs is 1. The first-order valence-corrected chi connectivity index (χ1v) is 12.2. The lowest BCUT2D eigenvalue weighted by Crippen LogP contribution is -2.49. The Morgan fingerprint density at radius 1 is 1.08 bits per heavy atom. The van der Waals surface area contributed by atoms with Crippen molar-refractivity contribution in [3.05, 3.63) is 69.3 Å². The first-order chi connectivity index (χ1) is 17.2. The summed E-state index contributed by atoms with van der Waals surface area (Å²) in [7, 11) is 0. The summed E-state index contributed by atoms with van der Waals surface area (Å²) < 4.78 is 17.0. The van der Waals surface area contributed by atoms with E-state index in [1.54, 1.807) is 10.6 Å². The second-order valence-electron chi connectivity index (χ2n) is 9.77. The molecule has 2 heterocycles. The SMILES string of the molecule is Cc1ccc(NC(=O)CN2CCN(c3cc4c(cc3F)c(=O)c(C(=O)O)cn4C3CC3)CC2)c(C)c1. The van der Waals surface area contributed by atoms with Crippen molar-refractivity contribution in [1.29, 1.82) is 0 Å². The van der Waals surface area contributed by atoms with Crippen molar-refractivity contribution in [3.8, 4) is 0 Å². The van der Waals surface area contributed by atoms with E-state index in [-0.39, 0.29) is 29.4 Å². The summed E-state index contributed by atoms with van der Waals surface area (Å²) >= 11 is 0. The molecular formula is C27H29FN4O4. The molecule has 1 aliphatic heterocycles. The lowest BCUT2D eigenvalue weighted by Gasteiger charge is -2.36. The number of nitrogens with one attached hydrogen (secondary N) is 1. The Bertz CT molecular complexity index is 1420. The highest BCUT2D eigenvalue weighted by Crippen LogP contribution is 2.38. The topological polar surface area (TPSA) is 94.9 Å². The molecule has 2 fully saturated rings. The number of carboxylic acid groups (broad SMARTS) is 1. The van der Waals surface area contributed by atoms with Crippen LogP contribution in [0, 0.1) is 19.7 Å². The number of carbonyl (C=O) groups is 2. The Kier molecular flexibility index (Phi) is 6.26. The number of amides is 1. The van der Waals surface area contributed by atoms with Crippen LogP contribution < -0.4 is 15.6 Å². The maximum Gasteiger partial charge on any atom is 0.341 e. The summed E-state index contributed by atoms with van der Waals surface area (Å²) in [5.74, 6) is -1.95. The molecule has 0 unspecified atom stereocenters. The van der Waals surface area contributed by atoms with E-state index in [1.165, 1.54) is 12.3 Å². The highest BCUT2D eigenvalue weighted by atomic mass is 19.1. The number of halogens is 1. The number of aromatic carboxylic acids is 1. The van der Waals surface area contributed by atoms with Crippen LogP contribution in [-0.2, 0) is 4.79 Å². The lowest BCUT2D eigenvalue weighted by molar-refractivity contribution is -0.117. The molecule has 3 aromatic rings. The summed E-state index contributed by atoms with van der Waals surface area (Å²) in [6.45, 7) is 6.45. The number of carboxylic acids is 1. The number of aryl methyl sites for hydroxylation is 2. The number of hydrogen-bond donors (Lipinski definition) is 2. The van der Waals surface area contributed by atoms with Gasteiger partial charge in [0.15, 0.2) is 0 Å². The zero-order valence-corrected chi connectivity index (χ0v) is 20.4. The van der Waals surface area contributed by atoms with Crippen LogP contribution in [-0.4, -0.2) is 59.2 Å². The fourth-order valence-electron chi connectivity index (χ4n) is 4.90. The van der Waals surface area contributed by atoms with Crippen molar-refractivity contribution in [1.82, 2.24) is 9.47 Å². The molecule has 0 bridgehead atoms. The van der Waals surface area contributed by atoms with Crippen LogP contribution in [0.2, 0.25) is 0 Å². The summed E-state index contributed by atoms with van der Waals surface area (Å²) in [6.07, 6.45) is 3.18. The van der Waals surface area contributed by atoms with Crippen LogP contribution in [0.4, 0.5) is 15.8 Å². The molecule has 0 radical (unpaired) electrons.